The number of hydrogen-bond acceptors (Lipinski definition) is 4. The van der Waals surface area contributed by atoms with Gasteiger partial charge in [-0.3, -0.25) is 19.2 Å². The lowest BCUT2D eigenvalue weighted by Crippen LogP contribution is -2.62. The summed E-state index contributed by atoms with van der Waals surface area (Å²) in [6, 6.07) is -1.84. The van der Waals surface area contributed by atoms with E-state index in [1.54, 1.807) is 0 Å². The van der Waals surface area contributed by atoms with E-state index in [2.05, 4.69) is 10.6 Å². The minimum Gasteiger partial charge on any atom is -0.481 e. The highest BCUT2D eigenvalue weighted by molar-refractivity contribution is 5.99. The molecule has 0 aromatic carbocycles. The number of carbonyl (C=O) groups excluding carboxylic acids is 3. The molecule has 0 aliphatic carbocycles. The molecule has 8 nitrogen and oxygen atoms in total. The van der Waals surface area contributed by atoms with Crippen molar-refractivity contribution in [2.24, 2.45) is 5.73 Å². The third-order valence-electron chi connectivity index (χ3n) is 2.32. The average molecular weight is 243 g/mol. The predicted molar refractivity (Wildman–Crippen MR) is 54.5 cm³/mol. The number of primary amides is 1. The number of rotatable bonds is 5. The van der Waals surface area contributed by atoms with Crippen LogP contribution in [0.15, 0.2) is 0 Å². The summed E-state index contributed by atoms with van der Waals surface area (Å²) in [5.74, 6) is -2.78. The Morgan fingerprint density at radius 2 is 1.71 bits per heavy atom. The van der Waals surface area contributed by atoms with Crippen LogP contribution in [0.2, 0.25) is 0 Å². The molecular formula is C9H13N3O5. The molecule has 5 N–H and O–H groups in total. The van der Waals surface area contributed by atoms with E-state index in [9.17, 15) is 19.2 Å². The summed E-state index contributed by atoms with van der Waals surface area (Å²) < 4.78 is 0. The van der Waals surface area contributed by atoms with E-state index in [0.717, 1.165) is 0 Å². The van der Waals surface area contributed by atoms with Crippen LogP contribution in [0, 0.1) is 0 Å². The van der Waals surface area contributed by atoms with Gasteiger partial charge in [0.15, 0.2) is 0 Å². The van der Waals surface area contributed by atoms with Crippen LogP contribution >= 0.6 is 0 Å². The number of aliphatic carboxylic acids is 1. The van der Waals surface area contributed by atoms with Gasteiger partial charge in [-0.1, -0.05) is 0 Å². The molecule has 1 heterocycles. The summed E-state index contributed by atoms with van der Waals surface area (Å²) in [7, 11) is 0. The van der Waals surface area contributed by atoms with E-state index in [0.29, 0.717) is 0 Å². The first kappa shape index (κ1) is 12.9. The minimum atomic E-state index is -1.05. The molecule has 0 saturated carbocycles. The van der Waals surface area contributed by atoms with Crippen molar-refractivity contribution in [3.05, 3.63) is 0 Å². The van der Waals surface area contributed by atoms with Crippen LogP contribution < -0.4 is 16.4 Å². The lowest BCUT2D eigenvalue weighted by Gasteiger charge is -2.28. The van der Waals surface area contributed by atoms with Crippen LogP contribution in [0.5, 0.6) is 0 Å². The lowest BCUT2D eigenvalue weighted by atomic mass is 10.0. The monoisotopic (exact) mass is 243 g/mol. The normalized spacial score (nSPS) is 23.8. The SMILES string of the molecule is NC(=O)C[C@@H]1NC(=O)[C@H](CCC(=O)O)NC1=O. The maximum absolute atomic E-state index is 11.5. The van der Waals surface area contributed by atoms with E-state index in [1.807, 2.05) is 0 Å². The second-order valence-electron chi connectivity index (χ2n) is 3.73. The number of hydrogen-bond donors (Lipinski definition) is 4. The number of nitrogens with two attached hydrogens (primary N) is 1. The smallest absolute Gasteiger partial charge is 0.303 e. The van der Waals surface area contributed by atoms with Gasteiger partial charge in [-0.25, -0.2) is 0 Å². The third-order valence-corrected chi connectivity index (χ3v) is 2.32. The Balaban J connectivity index is 2.55. The summed E-state index contributed by atoms with van der Waals surface area (Å²) >= 11 is 0. The summed E-state index contributed by atoms with van der Waals surface area (Å²) in [5.41, 5.74) is 4.92. The van der Waals surface area contributed by atoms with Gasteiger partial charge in [0, 0.05) is 6.42 Å². The molecular weight excluding hydrogens is 230 g/mol. The first-order valence-corrected chi connectivity index (χ1v) is 5.01. The van der Waals surface area contributed by atoms with Crippen molar-refractivity contribution < 1.29 is 24.3 Å². The molecule has 0 unspecified atom stereocenters. The number of carboxylic acid groups (broad SMARTS) is 1. The van der Waals surface area contributed by atoms with Crippen LogP contribution in [0.3, 0.4) is 0 Å². The Bertz CT molecular complexity index is 368. The standard InChI is InChI=1S/C9H13N3O5/c10-6(13)3-5-9(17)11-4(8(16)12-5)1-2-7(14)15/h4-5H,1-3H2,(H2,10,13)(H,11,17)(H,12,16)(H,14,15)/t4-,5-/m0/s1. The van der Waals surface area contributed by atoms with Gasteiger partial charge in [0.2, 0.25) is 17.7 Å². The molecule has 3 amide bonds. The molecule has 1 fully saturated rings. The zero-order valence-electron chi connectivity index (χ0n) is 8.93. The Labute approximate surface area is 96.5 Å². The molecule has 0 spiro atoms. The highest BCUT2D eigenvalue weighted by Crippen LogP contribution is 2.06. The van der Waals surface area contributed by atoms with Gasteiger partial charge < -0.3 is 21.5 Å². The quantitative estimate of drug-likeness (QED) is 0.430. The van der Waals surface area contributed by atoms with Crippen molar-refractivity contribution in [1.82, 2.24) is 10.6 Å². The summed E-state index contributed by atoms with van der Waals surface area (Å²) in [6.07, 6.45) is -0.488. The molecule has 2 atom stereocenters. The van der Waals surface area contributed by atoms with E-state index in [-0.39, 0.29) is 19.3 Å². The Kier molecular flexibility index (Phi) is 4.02. The summed E-state index contributed by atoms with van der Waals surface area (Å²) in [6.45, 7) is 0. The predicted octanol–water partition coefficient (Wildman–Crippen LogP) is -2.29. The van der Waals surface area contributed by atoms with Crippen LogP contribution in [-0.4, -0.2) is 40.9 Å². The summed E-state index contributed by atoms with van der Waals surface area (Å²) in [4.78, 5) is 43.9. The fourth-order valence-electron chi connectivity index (χ4n) is 1.49. The average Bonchev–Trinajstić information content (AvgIpc) is 2.20. The zero-order valence-corrected chi connectivity index (χ0v) is 8.93. The molecule has 0 bridgehead atoms. The van der Waals surface area contributed by atoms with E-state index in [1.165, 1.54) is 0 Å². The molecule has 1 aliphatic heterocycles. The first-order chi connectivity index (χ1) is 7.90. The van der Waals surface area contributed by atoms with E-state index >= 15 is 0 Å². The highest BCUT2D eigenvalue weighted by atomic mass is 16.4. The van der Waals surface area contributed by atoms with Gasteiger partial charge in [-0.15, -0.1) is 0 Å². The van der Waals surface area contributed by atoms with Gasteiger partial charge in [-0.05, 0) is 6.42 Å². The van der Waals surface area contributed by atoms with Crippen LogP contribution in [0.25, 0.3) is 0 Å². The van der Waals surface area contributed by atoms with Crippen LogP contribution in [-0.2, 0) is 19.2 Å². The number of carbonyl (C=O) groups is 4. The van der Waals surface area contributed by atoms with Crippen molar-refractivity contribution in [1.29, 1.82) is 0 Å². The zero-order chi connectivity index (χ0) is 13.0. The lowest BCUT2D eigenvalue weighted by molar-refractivity contribution is -0.140. The van der Waals surface area contributed by atoms with Crippen LogP contribution in [0.1, 0.15) is 19.3 Å². The van der Waals surface area contributed by atoms with Gasteiger partial charge in [0.25, 0.3) is 0 Å². The second kappa shape index (κ2) is 5.28. The molecule has 94 valence electrons. The van der Waals surface area contributed by atoms with Crippen LogP contribution in [0.4, 0.5) is 0 Å². The maximum atomic E-state index is 11.5. The largest absolute Gasteiger partial charge is 0.481 e. The fraction of sp³-hybridized carbons (Fsp3) is 0.556. The van der Waals surface area contributed by atoms with Gasteiger partial charge in [0.05, 0.1) is 6.42 Å². The summed E-state index contributed by atoms with van der Waals surface area (Å²) in [5, 5.41) is 13.1. The molecule has 1 aliphatic rings. The highest BCUT2D eigenvalue weighted by Gasteiger charge is 2.34. The van der Waals surface area contributed by atoms with Crippen molar-refractivity contribution >= 4 is 23.7 Å². The Morgan fingerprint density at radius 3 is 2.24 bits per heavy atom. The van der Waals surface area contributed by atoms with Crippen molar-refractivity contribution in [3.8, 4) is 0 Å². The van der Waals surface area contributed by atoms with Gasteiger partial charge in [-0.2, -0.15) is 0 Å². The van der Waals surface area contributed by atoms with E-state index < -0.39 is 35.8 Å². The number of nitrogens with one attached hydrogen (secondary N) is 2. The fourth-order valence-corrected chi connectivity index (χ4v) is 1.49. The number of carboxylic acids is 1. The Hall–Kier alpha value is -2.12. The number of piperazine rings is 1. The van der Waals surface area contributed by atoms with E-state index in [4.69, 9.17) is 10.8 Å². The molecule has 0 radical (unpaired) electrons. The molecule has 1 saturated heterocycles. The van der Waals surface area contributed by atoms with Gasteiger partial charge >= 0.3 is 5.97 Å². The minimum absolute atomic E-state index is 0.0101. The number of amides is 3. The molecule has 0 aromatic heterocycles. The third kappa shape index (κ3) is 3.74. The Morgan fingerprint density at radius 1 is 1.18 bits per heavy atom. The second-order valence-corrected chi connectivity index (χ2v) is 3.73. The molecule has 17 heavy (non-hydrogen) atoms. The molecule has 0 aromatic rings. The molecule has 8 heteroatoms. The van der Waals surface area contributed by atoms with Crippen molar-refractivity contribution in [3.63, 3.8) is 0 Å². The van der Waals surface area contributed by atoms with Crippen molar-refractivity contribution in [2.45, 2.75) is 31.3 Å². The first-order valence-electron chi connectivity index (χ1n) is 5.01. The maximum Gasteiger partial charge on any atom is 0.303 e. The van der Waals surface area contributed by atoms with Gasteiger partial charge in [0.1, 0.15) is 12.1 Å². The topological polar surface area (TPSA) is 139 Å². The molecule has 1 rings (SSSR count). The van der Waals surface area contributed by atoms with Crippen molar-refractivity contribution in [2.75, 3.05) is 0 Å².